The summed E-state index contributed by atoms with van der Waals surface area (Å²) in [5.41, 5.74) is 8.01. The quantitative estimate of drug-likeness (QED) is 0.793. The van der Waals surface area contributed by atoms with Crippen molar-refractivity contribution in [3.05, 3.63) is 35.4 Å². The molecule has 1 aromatic carbocycles. The van der Waals surface area contributed by atoms with E-state index < -0.39 is 0 Å². The van der Waals surface area contributed by atoms with Crippen LogP contribution >= 0.6 is 12.2 Å². The minimum Gasteiger partial charge on any atom is -0.389 e. The fraction of sp³-hybridized carbons (Fsp3) is 0.462. The highest BCUT2D eigenvalue weighted by Crippen LogP contribution is 2.28. The molecule has 1 fully saturated rings. The molecular formula is C13H18N2S. The third kappa shape index (κ3) is 2.60. The number of nitrogens with two attached hydrogens (primary N) is 1. The Kier molecular flexibility index (Phi) is 3.56. The molecule has 16 heavy (non-hydrogen) atoms. The molecule has 2 rings (SSSR count). The first-order valence-electron chi connectivity index (χ1n) is 5.84. The maximum absolute atomic E-state index is 5.74. The summed E-state index contributed by atoms with van der Waals surface area (Å²) >= 11 is 5.08. The molecule has 0 bridgehead atoms. The van der Waals surface area contributed by atoms with E-state index in [2.05, 4.69) is 24.0 Å². The van der Waals surface area contributed by atoms with Crippen molar-refractivity contribution in [1.82, 2.24) is 4.90 Å². The average molecular weight is 234 g/mol. The van der Waals surface area contributed by atoms with Gasteiger partial charge < -0.3 is 5.73 Å². The maximum Gasteiger partial charge on any atom is 0.104 e. The van der Waals surface area contributed by atoms with Crippen molar-refractivity contribution < 1.29 is 0 Å². The van der Waals surface area contributed by atoms with Gasteiger partial charge in [-0.25, -0.2) is 0 Å². The van der Waals surface area contributed by atoms with E-state index in [1.54, 1.807) is 0 Å². The van der Waals surface area contributed by atoms with E-state index in [0.717, 1.165) is 24.7 Å². The van der Waals surface area contributed by atoms with Gasteiger partial charge in [0.1, 0.15) is 4.99 Å². The molecule has 0 atom stereocenters. The zero-order valence-corrected chi connectivity index (χ0v) is 10.5. The Bertz CT molecular complexity index is 385. The Labute approximate surface area is 102 Å². The predicted molar refractivity (Wildman–Crippen MR) is 71.4 cm³/mol. The number of benzene rings is 1. The molecule has 3 heteroatoms. The lowest BCUT2D eigenvalue weighted by molar-refractivity contribution is 0.269. The molecule has 1 saturated carbocycles. The molecule has 0 radical (unpaired) electrons. The normalized spacial score (nSPS) is 15.4. The van der Waals surface area contributed by atoms with Crippen LogP contribution in [0.5, 0.6) is 0 Å². The summed E-state index contributed by atoms with van der Waals surface area (Å²) in [6.07, 6.45) is 2.67. The first-order valence-corrected chi connectivity index (χ1v) is 6.25. The lowest BCUT2D eigenvalue weighted by atomic mass is 10.1. The lowest BCUT2D eigenvalue weighted by Gasteiger charge is -2.21. The van der Waals surface area contributed by atoms with E-state index in [-0.39, 0.29) is 0 Å². The largest absolute Gasteiger partial charge is 0.389 e. The van der Waals surface area contributed by atoms with Gasteiger partial charge in [0, 0.05) is 18.2 Å². The Hall–Kier alpha value is -0.930. The number of rotatable bonds is 5. The summed E-state index contributed by atoms with van der Waals surface area (Å²) in [5.74, 6) is 0. The van der Waals surface area contributed by atoms with Crippen molar-refractivity contribution in [2.75, 3.05) is 6.54 Å². The predicted octanol–water partition coefficient (Wildman–Crippen LogP) is 2.31. The molecule has 2 N–H and O–H groups in total. The lowest BCUT2D eigenvalue weighted by Crippen LogP contribution is -2.26. The van der Waals surface area contributed by atoms with Crippen LogP contribution in [0.25, 0.3) is 0 Å². The fourth-order valence-electron chi connectivity index (χ4n) is 2.06. The Balaban J connectivity index is 2.15. The number of hydrogen-bond donors (Lipinski definition) is 1. The van der Waals surface area contributed by atoms with Crippen LogP contribution in [-0.4, -0.2) is 22.5 Å². The second-order valence-electron chi connectivity index (χ2n) is 4.32. The summed E-state index contributed by atoms with van der Waals surface area (Å²) in [6, 6.07) is 8.96. The zero-order chi connectivity index (χ0) is 11.5. The van der Waals surface area contributed by atoms with Crippen LogP contribution in [0.1, 0.15) is 30.9 Å². The van der Waals surface area contributed by atoms with Crippen molar-refractivity contribution in [3.63, 3.8) is 0 Å². The number of hydrogen-bond acceptors (Lipinski definition) is 2. The summed E-state index contributed by atoms with van der Waals surface area (Å²) < 4.78 is 0. The summed E-state index contributed by atoms with van der Waals surface area (Å²) in [6.45, 7) is 4.27. The van der Waals surface area contributed by atoms with E-state index in [9.17, 15) is 0 Å². The van der Waals surface area contributed by atoms with E-state index >= 15 is 0 Å². The molecule has 86 valence electrons. The molecule has 1 aliphatic rings. The average Bonchev–Trinajstić information content (AvgIpc) is 3.10. The van der Waals surface area contributed by atoms with Crippen molar-refractivity contribution in [1.29, 1.82) is 0 Å². The molecule has 1 aliphatic carbocycles. The standard InChI is InChI=1S/C13H18N2S/c1-2-15(11-7-8-11)9-10-5-3-4-6-12(10)13(14)16/h3-6,11H,2,7-9H2,1H3,(H2,14,16). The van der Waals surface area contributed by atoms with Crippen molar-refractivity contribution in [3.8, 4) is 0 Å². The monoisotopic (exact) mass is 234 g/mol. The minimum absolute atomic E-state index is 0.502. The second-order valence-corrected chi connectivity index (χ2v) is 4.76. The molecule has 0 heterocycles. The van der Waals surface area contributed by atoms with E-state index in [1.165, 1.54) is 18.4 Å². The van der Waals surface area contributed by atoms with Crippen LogP contribution in [0.2, 0.25) is 0 Å². The van der Waals surface area contributed by atoms with Gasteiger partial charge in [0.25, 0.3) is 0 Å². The Morgan fingerprint density at radius 2 is 2.12 bits per heavy atom. The summed E-state index contributed by atoms with van der Waals surface area (Å²) in [7, 11) is 0. The third-order valence-corrected chi connectivity index (χ3v) is 3.35. The Morgan fingerprint density at radius 3 is 2.69 bits per heavy atom. The van der Waals surface area contributed by atoms with Crippen LogP contribution in [0, 0.1) is 0 Å². The van der Waals surface area contributed by atoms with E-state index in [1.807, 2.05) is 12.1 Å². The van der Waals surface area contributed by atoms with Gasteiger partial charge in [-0.1, -0.05) is 43.4 Å². The molecular weight excluding hydrogens is 216 g/mol. The second kappa shape index (κ2) is 4.93. The van der Waals surface area contributed by atoms with Crippen LogP contribution in [0.15, 0.2) is 24.3 Å². The molecule has 0 amide bonds. The van der Waals surface area contributed by atoms with Crippen LogP contribution < -0.4 is 5.73 Å². The van der Waals surface area contributed by atoms with Gasteiger partial charge in [-0.2, -0.15) is 0 Å². The van der Waals surface area contributed by atoms with Gasteiger partial charge >= 0.3 is 0 Å². The van der Waals surface area contributed by atoms with Crippen LogP contribution in [0.3, 0.4) is 0 Å². The maximum atomic E-state index is 5.74. The van der Waals surface area contributed by atoms with Gasteiger partial charge in [0.15, 0.2) is 0 Å². The molecule has 0 unspecified atom stereocenters. The minimum atomic E-state index is 0.502. The molecule has 0 aliphatic heterocycles. The van der Waals surface area contributed by atoms with Gasteiger partial charge in [0.05, 0.1) is 0 Å². The summed E-state index contributed by atoms with van der Waals surface area (Å²) in [4.78, 5) is 3.00. The van der Waals surface area contributed by atoms with Gasteiger partial charge in [-0.15, -0.1) is 0 Å². The van der Waals surface area contributed by atoms with Crippen molar-refractivity contribution in [2.24, 2.45) is 5.73 Å². The first-order chi connectivity index (χ1) is 7.72. The number of thiocarbonyl (C=S) groups is 1. The first kappa shape index (κ1) is 11.6. The highest BCUT2D eigenvalue weighted by Gasteiger charge is 2.28. The Morgan fingerprint density at radius 1 is 1.44 bits per heavy atom. The zero-order valence-electron chi connectivity index (χ0n) is 9.65. The highest BCUT2D eigenvalue weighted by atomic mass is 32.1. The van der Waals surface area contributed by atoms with Crippen LogP contribution in [0.4, 0.5) is 0 Å². The van der Waals surface area contributed by atoms with Gasteiger partial charge in [0.2, 0.25) is 0 Å². The van der Waals surface area contributed by atoms with Crippen LogP contribution in [-0.2, 0) is 6.54 Å². The highest BCUT2D eigenvalue weighted by molar-refractivity contribution is 7.80. The molecule has 0 saturated heterocycles. The van der Waals surface area contributed by atoms with E-state index in [0.29, 0.717) is 4.99 Å². The topological polar surface area (TPSA) is 29.3 Å². The molecule has 0 spiro atoms. The third-order valence-electron chi connectivity index (χ3n) is 3.13. The molecule has 1 aromatic rings. The van der Waals surface area contributed by atoms with Crippen molar-refractivity contribution in [2.45, 2.75) is 32.4 Å². The van der Waals surface area contributed by atoms with Gasteiger partial charge in [-0.05, 0) is 24.9 Å². The SMILES string of the molecule is CCN(Cc1ccccc1C(N)=S)C1CC1. The van der Waals surface area contributed by atoms with Crippen molar-refractivity contribution >= 4 is 17.2 Å². The smallest absolute Gasteiger partial charge is 0.104 e. The molecule has 2 nitrogen and oxygen atoms in total. The summed E-state index contributed by atoms with van der Waals surface area (Å²) in [5, 5.41) is 0. The molecule has 0 aromatic heterocycles. The van der Waals surface area contributed by atoms with Gasteiger partial charge in [-0.3, -0.25) is 4.90 Å². The van der Waals surface area contributed by atoms with E-state index in [4.69, 9.17) is 18.0 Å². The fourth-order valence-corrected chi connectivity index (χ4v) is 2.26. The number of nitrogens with zero attached hydrogens (tertiary/aromatic N) is 1.